The topological polar surface area (TPSA) is 42.2 Å². The van der Waals surface area contributed by atoms with Crippen molar-refractivity contribution >= 4 is 16.7 Å². The molecule has 0 unspecified atom stereocenters. The summed E-state index contributed by atoms with van der Waals surface area (Å²) in [6.45, 7) is 6.06. The standard InChI is InChI=1S/C19H18FNO2/c1-11-5-7-16-14(8-18(22)23-19(16)13(11)3)10-21-15-6-4-12(2)17(20)9-15/h4-9,21H,10H2,1-3H3. The van der Waals surface area contributed by atoms with E-state index in [0.29, 0.717) is 23.4 Å². The molecule has 0 aliphatic rings. The molecular formula is C19H18FNO2. The summed E-state index contributed by atoms with van der Waals surface area (Å²) in [7, 11) is 0. The number of fused-ring (bicyclic) bond motifs is 1. The Morgan fingerprint density at radius 1 is 1.04 bits per heavy atom. The monoisotopic (exact) mass is 311 g/mol. The third-order valence-electron chi connectivity index (χ3n) is 4.17. The Hall–Kier alpha value is -2.62. The fourth-order valence-electron chi connectivity index (χ4n) is 2.57. The van der Waals surface area contributed by atoms with Crippen LogP contribution in [-0.2, 0) is 6.54 Å². The summed E-state index contributed by atoms with van der Waals surface area (Å²) in [6.07, 6.45) is 0. The number of halogens is 1. The number of aryl methyl sites for hydroxylation is 3. The van der Waals surface area contributed by atoms with Gasteiger partial charge in [-0.1, -0.05) is 18.2 Å². The fourth-order valence-corrected chi connectivity index (χ4v) is 2.57. The third-order valence-corrected chi connectivity index (χ3v) is 4.17. The minimum atomic E-state index is -0.377. The lowest BCUT2D eigenvalue weighted by Gasteiger charge is -2.11. The number of anilines is 1. The Kier molecular flexibility index (Phi) is 3.90. The first kappa shape index (κ1) is 15.3. The van der Waals surface area contributed by atoms with Gasteiger partial charge in [0.2, 0.25) is 0 Å². The van der Waals surface area contributed by atoms with Gasteiger partial charge in [0.15, 0.2) is 0 Å². The molecule has 118 valence electrons. The fraction of sp³-hybridized carbons (Fsp3) is 0.211. The van der Waals surface area contributed by atoms with Crippen LogP contribution in [0.1, 0.15) is 22.3 Å². The molecule has 0 atom stereocenters. The summed E-state index contributed by atoms with van der Waals surface area (Å²) in [4.78, 5) is 11.8. The quantitative estimate of drug-likeness (QED) is 0.726. The van der Waals surface area contributed by atoms with Crippen LogP contribution in [0.5, 0.6) is 0 Å². The first-order valence-electron chi connectivity index (χ1n) is 7.48. The van der Waals surface area contributed by atoms with Crippen LogP contribution in [0.4, 0.5) is 10.1 Å². The maximum atomic E-state index is 13.6. The van der Waals surface area contributed by atoms with E-state index in [0.717, 1.165) is 22.1 Å². The van der Waals surface area contributed by atoms with Crippen LogP contribution in [0.15, 0.2) is 45.6 Å². The van der Waals surface area contributed by atoms with E-state index in [9.17, 15) is 9.18 Å². The van der Waals surface area contributed by atoms with Gasteiger partial charge in [-0.15, -0.1) is 0 Å². The third kappa shape index (κ3) is 2.97. The Balaban J connectivity index is 1.98. The van der Waals surface area contributed by atoms with E-state index in [2.05, 4.69) is 5.32 Å². The van der Waals surface area contributed by atoms with Crippen molar-refractivity contribution < 1.29 is 8.81 Å². The van der Waals surface area contributed by atoms with Crippen molar-refractivity contribution in [2.24, 2.45) is 0 Å². The zero-order valence-corrected chi connectivity index (χ0v) is 13.4. The van der Waals surface area contributed by atoms with Crippen molar-refractivity contribution in [2.45, 2.75) is 27.3 Å². The molecule has 0 spiro atoms. The molecular weight excluding hydrogens is 293 g/mol. The van der Waals surface area contributed by atoms with E-state index in [4.69, 9.17) is 4.42 Å². The second-order valence-corrected chi connectivity index (χ2v) is 5.79. The summed E-state index contributed by atoms with van der Waals surface area (Å²) in [5.41, 5.74) is 4.39. The summed E-state index contributed by atoms with van der Waals surface area (Å²) in [5, 5.41) is 4.06. The van der Waals surface area contributed by atoms with Gasteiger partial charge in [-0.3, -0.25) is 0 Å². The molecule has 3 aromatic rings. The van der Waals surface area contributed by atoms with Gasteiger partial charge in [0.05, 0.1) is 0 Å². The maximum absolute atomic E-state index is 13.6. The number of rotatable bonds is 3. The predicted octanol–water partition coefficient (Wildman–Crippen LogP) is 4.47. The highest BCUT2D eigenvalue weighted by Gasteiger charge is 2.09. The summed E-state index contributed by atoms with van der Waals surface area (Å²) in [6, 6.07) is 10.4. The van der Waals surface area contributed by atoms with Crippen LogP contribution in [0.2, 0.25) is 0 Å². The molecule has 0 radical (unpaired) electrons. The predicted molar refractivity (Wildman–Crippen MR) is 90.4 cm³/mol. The first-order valence-corrected chi connectivity index (χ1v) is 7.48. The van der Waals surface area contributed by atoms with Crippen molar-refractivity contribution in [3.63, 3.8) is 0 Å². The number of nitrogens with one attached hydrogen (secondary N) is 1. The van der Waals surface area contributed by atoms with Crippen LogP contribution in [-0.4, -0.2) is 0 Å². The highest BCUT2D eigenvalue weighted by molar-refractivity contribution is 5.84. The SMILES string of the molecule is Cc1ccc(NCc2cc(=O)oc3c(C)c(C)ccc23)cc1F. The van der Waals surface area contributed by atoms with E-state index < -0.39 is 0 Å². The molecule has 1 aromatic heterocycles. The Bertz CT molecular complexity index is 944. The molecule has 0 saturated carbocycles. The van der Waals surface area contributed by atoms with Crippen molar-refractivity contribution in [1.29, 1.82) is 0 Å². The molecule has 0 aliphatic carbocycles. The van der Waals surface area contributed by atoms with Gasteiger partial charge in [-0.2, -0.15) is 0 Å². The molecule has 3 nitrogen and oxygen atoms in total. The van der Waals surface area contributed by atoms with E-state index in [-0.39, 0.29) is 11.4 Å². The van der Waals surface area contributed by atoms with E-state index >= 15 is 0 Å². The molecule has 2 aromatic carbocycles. The zero-order chi connectivity index (χ0) is 16.6. The van der Waals surface area contributed by atoms with Crippen molar-refractivity contribution in [3.05, 3.63) is 74.9 Å². The molecule has 4 heteroatoms. The average molecular weight is 311 g/mol. The molecule has 0 fully saturated rings. The second-order valence-electron chi connectivity index (χ2n) is 5.79. The van der Waals surface area contributed by atoms with Crippen LogP contribution in [0.3, 0.4) is 0 Å². The van der Waals surface area contributed by atoms with Crippen LogP contribution in [0, 0.1) is 26.6 Å². The molecule has 3 rings (SSSR count). The molecule has 1 N–H and O–H groups in total. The van der Waals surface area contributed by atoms with Gasteiger partial charge in [-0.25, -0.2) is 9.18 Å². The number of hydrogen-bond donors (Lipinski definition) is 1. The molecule has 0 saturated heterocycles. The lowest BCUT2D eigenvalue weighted by molar-refractivity contribution is 0.556. The van der Waals surface area contributed by atoms with Crippen LogP contribution < -0.4 is 10.9 Å². The molecule has 0 aliphatic heterocycles. The lowest BCUT2D eigenvalue weighted by atomic mass is 10.0. The Labute approximate surface area is 133 Å². The lowest BCUT2D eigenvalue weighted by Crippen LogP contribution is -2.07. The van der Waals surface area contributed by atoms with Gasteiger partial charge in [0.1, 0.15) is 11.4 Å². The Morgan fingerprint density at radius 2 is 1.78 bits per heavy atom. The van der Waals surface area contributed by atoms with E-state index in [1.54, 1.807) is 13.0 Å². The largest absolute Gasteiger partial charge is 0.422 e. The van der Waals surface area contributed by atoms with Crippen molar-refractivity contribution in [1.82, 2.24) is 0 Å². The number of benzene rings is 2. The normalized spacial score (nSPS) is 11.0. The Morgan fingerprint density at radius 3 is 2.52 bits per heavy atom. The summed E-state index contributed by atoms with van der Waals surface area (Å²) >= 11 is 0. The smallest absolute Gasteiger partial charge is 0.336 e. The van der Waals surface area contributed by atoms with E-state index in [1.165, 1.54) is 12.1 Å². The molecule has 0 amide bonds. The van der Waals surface area contributed by atoms with Gasteiger partial charge in [-0.05, 0) is 55.2 Å². The minimum absolute atomic E-state index is 0.251. The molecule has 23 heavy (non-hydrogen) atoms. The average Bonchev–Trinajstić information content (AvgIpc) is 2.52. The van der Waals surface area contributed by atoms with Crippen molar-refractivity contribution in [3.8, 4) is 0 Å². The minimum Gasteiger partial charge on any atom is -0.422 e. The highest BCUT2D eigenvalue weighted by atomic mass is 19.1. The van der Waals surface area contributed by atoms with Crippen LogP contribution >= 0.6 is 0 Å². The van der Waals surface area contributed by atoms with Crippen LogP contribution in [0.25, 0.3) is 11.0 Å². The van der Waals surface area contributed by atoms with Gasteiger partial charge in [0.25, 0.3) is 0 Å². The second kappa shape index (κ2) is 5.88. The van der Waals surface area contributed by atoms with E-state index in [1.807, 2.05) is 32.0 Å². The van der Waals surface area contributed by atoms with Gasteiger partial charge < -0.3 is 9.73 Å². The maximum Gasteiger partial charge on any atom is 0.336 e. The zero-order valence-electron chi connectivity index (χ0n) is 13.4. The van der Waals surface area contributed by atoms with Gasteiger partial charge >= 0.3 is 5.63 Å². The summed E-state index contributed by atoms with van der Waals surface area (Å²) < 4.78 is 19.0. The highest BCUT2D eigenvalue weighted by Crippen LogP contribution is 2.24. The van der Waals surface area contributed by atoms with Crippen molar-refractivity contribution in [2.75, 3.05) is 5.32 Å². The first-order chi connectivity index (χ1) is 11.0. The van der Waals surface area contributed by atoms with Gasteiger partial charge in [0, 0.05) is 23.7 Å². The number of hydrogen-bond acceptors (Lipinski definition) is 3. The molecule has 1 heterocycles. The molecule has 0 bridgehead atoms. The summed E-state index contributed by atoms with van der Waals surface area (Å²) in [5.74, 6) is -0.251.